The predicted octanol–water partition coefficient (Wildman–Crippen LogP) is 5.05. The summed E-state index contributed by atoms with van der Waals surface area (Å²) in [6.07, 6.45) is -5.16. The van der Waals surface area contributed by atoms with Gasteiger partial charge in [-0.3, -0.25) is 9.59 Å². The molecule has 0 radical (unpaired) electrons. The van der Waals surface area contributed by atoms with Gasteiger partial charge in [-0.2, -0.15) is 13.2 Å². The van der Waals surface area contributed by atoms with Crippen LogP contribution in [0.5, 0.6) is 11.5 Å². The molecular weight excluding hydrogens is 621 g/mol. The molecule has 0 unspecified atom stereocenters. The van der Waals surface area contributed by atoms with Crippen LogP contribution in [0, 0.1) is 6.92 Å². The number of carbonyl (C=O) groups is 4. The predicted molar refractivity (Wildman–Crippen MR) is 167 cm³/mol. The molecule has 0 aromatic heterocycles. The number of para-hydroxylation sites is 1. The highest BCUT2D eigenvalue weighted by atomic mass is 19.4. The van der Waals surface area contributed by atoms with E-state index in [1.807, 2.05) is 19.1 Å². The third-order valence-corrected chi connectivity index (χ3v) is 7.80. The van der Waals surface area contributed by atoms with Crippen LogP contribution < -0.4 is 20.1 Å². The molecule has 4 amide bonds. The zero-order chi connectivity index (χ0) is 34.3. The number of anilines is 2. The molecule has 0 aliphatic carbocycles. The number of likely N-dealkylation sites (tertiary alicyclic amines) is 1. The van der Waals surface area contributed by atoms with E-state index in [0.717, 1.165) is 12.6 Å². The van der Waals surface area contributed by atoms with Crippen LogP contribution in [0.2, 0.25) is 0 Å². The first-order valence-corrected chi connectivity index (χ1v) is 14.6. The normalized spacial score (nSPS) is 15.9. The molecule has 1 saturated heterocycles. The minimum atomic E-state index is -5.07. The highest BCUT2D eigenvalue weighted by Gasteiger charge is 2.46. The molecule has 3 aromatic rings. The van der Waals surface area contributed by atoms with Crippen molar-refractivity contribution in [3.63, 3.8) is 0 Å². The third kappa shape index (κ3) is 8.71. The molecule has 14 heteroatoms. The first kappa shape index (κ1) is 34.6. The van der Waals surface area contributed by atoms with Crippen molar-refractivity contribution in [2.45, 2.75) is 38.0 Å². The molecule has 2 atom stereocenters. The molecule has 1 aliphatic rings. The molecule has 0 saturated carbocycles. The largest absolute Gasteiger partial charge is 0.495 e. The second-order valence-electron chi connectivity index (χ2n) is 10.9. The molecule has 0 bridgehead atoms. The van der Waals surface area contributed by atoms with Crippen LogP contribution in [0.25, 0.3) is 0 Å². The van der Waals surface area contributed by atoms with Crippen molar-refractivity contribution in [3.8, 4) is 11.5 Å². The lowest BCUT2D eigenvalue weighted by molar-refractivity contribution is -0.186. The minimum Gasteiger partial charge on any atom is -0.495 e. The van der Waals surface area contributed by atoms with Gasteiger partial charge in [0.1, 0.15) is 18.1 Å². The lowest BCUT2D eigenvalue weighted by atomic mass is 10.1. The van der Waals surface area contributed by atoms with Crippen LogP contribution in [0.1, 0.15) is 27.9 Å². The van der Waals surface area contributed by atoms with Crippen molar-refractivity contribution in [1.82, 2.24) is 9.80 Å². The number of urea groups is 1. The van der Waals surface area contributed by atoms with Gasteiger partial charge < -0.3 is 34.6 Å². The number of halogens is 3. The molecular formula is C33H35F3N4O7. The number of hydrogen-bond donors (Lipinski definition) is 2. The Hall–Kier alpha value is -5.27. The van der Waals surface area contributed by atoms with Crippen LogP contribution in [0.3, 0.4) is 0 Å². The maximum absolute atomic E-state index is 13.6. The monoisotopic (exact) mass is 656 g/mol. The number of ether oxygens (including phenoxy) is 3. The standard InChI is InChI=1S/C33H35F3N4O7/c1-20-7-5-6-8-26(20)37-32(44)38-27-14-9-21(15-28(27)45-3)16-29(41)40-18-23(39(2)31(43)33(34,35)36)17-24(40)19-47-25-12-10-22(11-13-25)30(42)46-4/h5-15,23-24H,16-19H2,1-4H3,(H2,37,38,44)/t23-,24+/m1/s1. The second kappa shape index (κ2) is 14.9. The Morgan fingerprint density at radius 2 is 1.64 bits per heavy atom. The van der Waals surface area contributed by atoms with Gasteiger partial charge in [0.2, 0.25) is 5.91 Å². The number of rotatable bonds is 10. The summed E-state index contributed by atoms with van der Waals surface area (Å²) in [5.41, 5.74) is 2.69. The number of methoxy groups -OCH3 is 2. The quantitative estimate of drug-likeness (QED) is 0.293. The second-order valence-corrected chi connectivity index (χ2v) is 10.9. The van der Waals surface area contributed by atoms with E-state index < -0.39 is 42.1 Å². The highest BCUT2D eigenvalue weighted by Crippen LogP contribution is 2.30. The van der Waals surface area contributed by atoms with Crippen LogP contribution in [0.4, 0.5) is 29.3 Å². The number of esters is 1. The van der Waals surface area contributed by atoms with E-state index >= 15 is 0 Å². The van der Waals surface area contributed by atoms with Gasteiger partial charge in [0, 0.05) is 19.3 Å². The highest BCUT2D eigenvalue weighted by molar-refractivity contribution is 6.01. The van der Waals surface area contributed by atoms with Crippen molar-refractivity contribution < 1.29 is 46.6 Å². The van der Waals surface area contributed by atoms with E-state index in [1.54, 1.807) is 30.3 Å². The van der Waals surface area contributed by atoms with Crippen molar-refractivity contribution in [2.24, 2.45) is 0 Å². The zero-order valence-electron chi connectivity index (χ0n) is 26.2. The smallest absolute Gasteiger partial charge is 0.471 e. The number of hydrogen-bond acceptors (Lipinski definition) is 7. The maximum Gasteiger partial charge on any atom is 0.471 e. The van der Waals surface area contributed by atoms with E-state index in [0.29, 0.717) is 38.9 Å². The van der Waals surface area contributed by atoms with Gasteiger partial charge in [-0.25, -0.2) is 9.59 Å². The minimum absolute atomic E-state index is 0.0481. The summed E-state index contributed by atoms with van der Waals surface area (Å²) in [5.74, 6) is -2.28. The topological polar surface area (TPSA) is 127 Å². The van der Waals surface area contributed by atoms with E-state index in [1.165, 1.54) is 43.4 Å². The average molecular weight is 657 g/mol. The Labute approximate surface area is 269 Å². The van der Waals surface area contributed by atoms with Crippen LogP contribution >= 0.6 is 0 Å². The van der Waals surface area contributed by atoms with Gasteiger partial charge in [0.25, 0.3) is 0 Å². The molecule has 11 nitrogen and oxygen atoms in total. The fourth-order valence-corrected chi connectivity index (χ4v) is 5.21. The fourth-order valence-electron chi connectivity index (χ4n) is 5.21. The molecule has 1 fully saturated rings. The molecule has 47 heavy (non-hydrogen) atoms. The zero-order valence-corrected chi connectivity index (χ0v) is 26.2. The molecule has 1 heterocycles. The van der Waals surface area contributed by atoms with Gasteiger partial charge in [-0.05, 0) is 66.9 Å². The molecule has 3 aromatic carbocycles. The Balaban J connectivity index is 1.47. The number of carbonyl (C=O) groups excluding carboxylic acids is 4. The van der Waals surface area contributed by atoms with Crippen LogP contribution in [-0.2, 0) is 20.7 Å². The Kier molecular flexibility index (Phi) is 11.0. The van der Waals surface area contributed by atoms with E-state index in [2.05, 4.69) is 15.4 Å². The van der Waals surface area contributed by atoms with E-state index in [9.17, 15) is 32.3 Å². The summed E-state index contributed by atoms with van der Waals surface area (Å²) in [7, 11) is 3.72. The van der Waals surface area contributed by atoms with Gasteiger partial charge in [0.05, 0.1) is 44.0 Å². The van der Waals surface area contributed by atoms with Gasteiger partial charge in [-0.15, -0.1) is 0 Å². The lowest BCUT2D eigenvalue weighted by Gasteiger charge is -2.26. The molecule has 0 spiro atoms. The molecule has 4 rings (SSSR count). The third-order valence-electron chi connectivity index (χ3n) is 7.80. The summed E-state index contributed by atoms with van der Waals surface area (Å²) < 4.78 is 55.6. The fraction of sp³-hybridized carbons (Fsp3) is 0.333. The number of benzene rings is 3. The first-order chi connectivity index (χ1) is 22.3. The van der Waals surface area contributed by atoms with Gasteiger partial charge in [0.15, 0.2) is 0 Å². The first-order valence-electron chi connectivity index (χ1n) is 14.6. The molecule has 250 valence electrons. The number of nitrogens with one attached hydrogen (secondary N) is 2. The van der Waals surface area contributed by atoms with Crippen LogP contribution in [-0.4, -0.2) is 86.3 Å². The Morgan fingerprint density at radius 3 is 2.28 bits per heavy atom. The number of likely N-dealkylation sites (N-methyl/N-ethyl adjacent to an activating group) is 1. The lowest BCUT2D eigenvalue weighted by Crippen LogP contribution is -2.46. The van der Waals surface area contributed by atoms with Crippen molar-refractivity contribution in [1.29, 1.82) is 0 Å². The van der Waals surface area contributed by atoms with Crippen molar-refractivity contribution in [2.75, 3.05) is 45.1 Å². The molecule has 1 aliphatic heterocycles. The average Bonchev–Trinajstić information content (AvgIpc) is 3.48. The van der Waals surface area contributed by atoms with E-state index in [-0.39, 0.29) is 26.0 Å². The SMILES string of the molecule is COC(=O)c1ccc(OC[C@@H]2C[C@@H](N(C)C(=O)C(F)(F)F)CN2C(=O)Cc2ccc(NC(=O)Nc3ccccc3C)c(OC)c2)cc1. The van der Waals surface area contributed by atoms with Crippen LogP contribution in [0.15, 0.2) is 66.7 Å². The van der Waals surface area contributed by atoms with E-state index in [4.69, 9.17) is 9.47 Å². The number of nitrogens with zero attached hydrogens (tertiary/aromatic N) is 2. The number of amides is 4. The number of alkyl halides is 3. The summed E-state index contributed by atoms with van der Waals surface area (Å²) in [4.78, 5) is 51.9. The maximum atomic E-state index is 13.6. The summed E-state index contributed by atoms with van der Waals surface area (Å²) in [6.45, 7) is 1.65. The Morgan fingerprint density at radius 1 is 0.957 bits per heavy atom. The Bertz CT molecular complexity index is 1610. The number of aryl methyl sites for hydroxylation is 1. The molecule has 2 N–H and O–H groups in total. The summed E-state index contributed by atoms with van der Waals surface area (Å²) >= 11 is 0. The van der Waals surface area contributed by atoms with Crippen molar-refractivity contribution >= 4 is 35.2 Å². The van der Waals surface area contributed by atoms with Gasteiger partial charge >= 0.3 is 24.1 Å². The summed E-state index contributed by atoms with van der Waals surface area (Å²) in [5, 5.41) is 5.49. The van der Waals surface area contributed by atoms with Crippen molar-refractivity contribution in [3.05, 3.63) is 83.4 Å². The van der Waals surface area contributed by atoms with Gasteiger partial charge in [-0.1, -0.05) is 24.3 Å². The summed E-state index contributed by atoms with van der Waals surface area (Å²) in [6, 6.07) is 16.1.